The molecular weight excluding hydrogens is 288 g/mol. The highest BCUT2D eigenvalue weighted by Crippen LogP contribution is 2.21. The highest BCUT2D eigenvalue weighted by atomic mass is 16.2. The van der Waals surface area contributed by atoms with Crippen LogP contribution in [0.4, 0.5) is 0 Å². The van der Waals surface area contributed by atoms with Crippen molar-refractivity contribution in [2.45, 2.75) is 45.4 Å². The fourth-order valence-electron chi connectivity index (χ4n) is 3.08. The summed E-state index contributed by atoms with van der Waals surface area (Å²) < 4.78 is 0. The fraction of sp³-hybridized carbons (Fsp3) is 0.579. The summed E-state index contributed by atoms with van der Waals surface area (Å²) in [6.45, 7) is 4.10. The number of amides is 2. The van der Waals surface area contributed by atoms with Crippen molar-refractivity contribution in [1.82, 2.24) is 10.2 Å². The Morgan fingerprint density at radius 1 is 1.13 bits per heavy atom. The van der Waals surface area contributed by atoms with E-state index in [0.29, 0.717) is 25.6 Å². The third kappa shape index (κ3) is 5.70. The van der Waals surface area contributed by atoms with Crippen molar-refractivity contribution < 1.29 is 9.59 Å². The Balaban J connectivity index is 1.71. The van der Waals surface area contributed by atoms with Gasteiger partial charge in [-0.25, -0.2) is 0 Å². The van der Waals surface area contributed by atoms with Crippen LogP contribution in [0.15, 0.2) is 30.3 Å². The number of carbonyl (C=O) groups excluding carboxylic acids is 2. The molecule has 1 aromatic carbocycles. The first-order valence-electron chi connectivity index (χ1n) is 8.81. The maximum atomic E-state index is 12.1. The minimum absolute atomic E-state index is 0.361. The molecule has 0 aliphatic carbocycles. The van der Waals surface area contributed by atoms with Gasteiger partial charge in [0.1, 0.15) is 0 Å². The first-order valence-corrected chi connectivity index (χ1v) is 8.81. The van der Waals surface area contributed by atoms with Gasteiger partial charge in [0.05, 0.1) is 0 Å². The molecule has 1 saturated heterocycles. The number of hydrogen-bond donors (Lipinski definition) is 1. The summed E-state index contributed by atoms with van der Waals surface area (Å²) in [6, 6.07) is 10.5. The molecule has 1 N–H and O–H groups in total. The normalized spacial score (nSPS) is 15.4. The van der Waals surface area contributed by atoms with Crippen molar-refractivity contribution in [3.63, 3.8) is 0 Å². The summed E-state index contributed by atoms with van der Waals surface area (Å²) in [7, 11) is 0. The van der Waals surface area contributed by atoms with Crippen LogP contribution >= 0.6 is 0 Å². The molecule has 0 aromatic heterocycles. The Kier molecular flexibility index (Phi) is 7.11. The van der Waals surface area contributed by atoms with Gasteiger partial charge in [0, 0.05) is 19.6 Å². The lowest BCUT2D eigenvalue weighted by atomic mass is 9.90. The van der Waals surface area contributed by atoms with Gasteiger partial charge in [0.2, 0.25) is 0 Å². The molecule has 23 heavy (non-hydrogen) atoms. The maximum absolute atomic E-state index is 12.1. The predicted octanol–water partition coefficient (Wildman–Crippen LogP) is 2.77. The Hall–Kier alpha value is -1.84. The van der Waals surface area contributed by atoms with Gasteiger partial charge in [-0.2, -0.15) is 0 Å². The number of nitrogens with one attached hydrogen (secondary N) is 1. The predicted molar refractivity (Wildman–Crippen MR) is 92.0 cm³/mol. The zero-order valence-corrected chi connectivity index (χ0v) is 14.1. The molecule has 0 spiro atoms. The van der Waals surface area contributed by atoms with Crippen LogP contribution in [0.3, 0.4) is 0 Å². The van der Waals surface area contributed by atoms with Gasteiger partial charge in [0.25, 0.3) is 0 Å². The zero-order chi connectivity index (χ0) is 16.5. The van der Waals surface area contributed by atoms with Crippen LogP contribution in [-0.4, -0.2) is 36.3 Å². The van der Waals surface area contributed by atoms with E-state index in [1.54, 1.807) is 4.90 Å². The second kappa shape index (κ2) is 9.33. The van der Waals surface area contributed by atoms with Gasteiger partial charge in [-0.3, -0.25) is 9.59 Å². The summed E-state index contributed by atoms with van der Waals surface area (Å²) in [5.41, 5.74) is 1.35. The van der Waals surface area contributed by atoms with E-state index in [9.17, 15) is 9.59 Å². The summed E-state index contributed by atoms with van der Waals surface area (Å²) >= 11 is 0. The zero-order valence-electron chi connectivity index (χ0n) is 14.1. The SMILES string of the molecule is CCCCCNC(=O)C(=O)N1CCC(Cc2ccccc2)CC1. The number of piperidine rings is 1. The van der Waals surface area contributed by atoms with Crippen molar-refractivity contribution in [3.05, 3.63) is 35.9 Å². The molecule has 1 fully saturated rings. The van der Waals surface area contributed by atoms with Crippen molar-refractivity contribution in [2.24, 2.45) is 5.92 Å². The smallest absolute Gasteiger partial charge is 0.311 e. The second-order valence-electron chi connectivity index (χ2n) is 6.39. The van der Waals surface area contributed by atoms with Gasteiger partial charge in [0.15, 0.2) is 0 Å². The summed E-state index contributed by atoms with van der Waals surface area (Å²) in [5.74, 6) is -0.198. The third-order valence-electron chi connectivity index (χ3n) is 4.53. The molecule has 4 heteroatoms. The number of benzene rings is 1. The van der Waals surface area contributed by atoms with E-state index in [4.69, 9.17) is 0 Å². The van der Waals surface area contributed by atoms with Gasteiger partial charge in [-0.15, -0.1) is 0 Å². The second-order valence-corrected chi connectivity index (χ2v) is 6.39. The number of rotatable bonds is 6. The molecular formula is C19H28N2O2. The van der Waals surface area contributed by atoms with E-state index >= 15 is 0 Å². The Labute approximate surface area is 139 Å². The lowest BCUT2D eigenvalue weighted by Crippen LogP contribution is -2.46. The number of unbranched alkanes of at least 4 members (excludes halogenated alkanes) is 2. The first-order chi connectivity index (χ1) is 11.2. The first kappa shape index (κ1) is 17.5. The van der Waals surface area contributed by atoms with Crippen LogP contribution in [0.2, 0.25) is 0 Å². The van der Waals surface area contributed by atoms with Gasteiger partial charge < -0.3 is 10.2 Å². The summed E-state index contributed by atoms with van der Waals surface area (Å²) in [6.07, 6.45) is 6.15. The molecule has 4 nitrogen and oxygen atoms in total. The molecule has 2 rings (SSSR count). The van der Waals surface area contributed by atoms with Crippen molar-refractivity contribution in [3.8, 4) is 0 Å². The van der Waals surface area contributed by atoms with Crippen LogP contribution in [0.25, 0.3) is 0 Å². The van der Waals surface area contributed by atoms with E-state index in [1.165, 1.54) is 5.56 Å². The van der Waals surface area contributed by atoms with Crippen LogP contribution in [0, 0.1) is 5.92 Å². The Morgan fingerprint density at radius 2 is 1.83 bits per heavy atom. The van der Waals surface area contributed by atoms with Crippen molar-refractivity contribution in [1.29, 1.82) is 0 Å². The molecule has 0 bridgehead atoms. The molecule has 1 aromatic rings. The maximum Gasteiger partial charge on any atom is 0.311 e. The number of hydrogen-bond acceptors (Lipinski definition) is 2. The van der Waals surface area contributed by atoms with E-state index in [2.05, 4.69) is 36.5 Å². The van der Waals surface area contributed by atoms with Gasteiger partial charge in [-0.1, -0.05) is 50.1 Å². The summed E-state index contributed by atoms with van der Waals surface area (Å²) in [5, 5.41) is 2.74. The average molecular weight is 316 g/mol. The molecule has 0 unspecified atom stereocenters. The summed E-state index contributed by atoms with van der Waals surface area (Å²) in [4.78, 5) is 25.7. The molecule has 0 radical (unpaired) electrons. The lowest BCUT2D eigenvalue weighted by molar-refractivity contribution is -0.146. The third-order valence-corrected chi connectivity index (χ3v) is 4.53. The number of carbonyl (C=O) groups is 2. The quantitative estimate of drug-likeness (QED) is 0.648. The monoisotopic (exact) mass is 316 g/mol. The largest absolute Gasteiger partial charge is 0.348 e. The molecule has 0 atom stereocenters. The topological polar surface area (TPSA) is 49.4 Å². The molecule has 1 aliphatic heterocycles. The highest BCUT2D eigenvalue weighted by molar-refractivity contribution is 6.35. The van der Waals surface area contributed by atoms with Crippen LogP contribution in [-0.2, 0) is 16.0 Å². The average Bonchev–Trinajstić information content (AvgIpc) is 2.59. The van der Waals surface area contributed by atoms with Crippen LogP contribution < -0.4 is 5.32 Å². The Morgan fingerprint density at radius 3 is 2.48 bits per heavy atom. The molecule has 126 valence electrons. The minimum atomic E-state index is -0.442. The molecule has 2 amide bonds. The van der Waals surface area contributed by atoms with Crippen LogP contribution in [0.5, 0.6) is 0 Å². The van der Waals surface area contributed by atoms with E-state index in [0.717, 1.165) is 38.5 Å². The van der Waals surface area contributed by atoms with Crippen molar-refractivity contribution >= 4 is 11.8 Å². The van der Waals surface area contributed by atoms with Crippen LogP contribution in [0.1, 0.15) is 44.6 Å². The van der Waals surface area contributed by atoms with Crippen molar-refractivity contribution in [2.75, 3.05) is 19.6 Å². The van der Waals surface area contributed by atoms with Gasteiger partial charge in [-0.05, 0) is 37.2 Å². The van der Waals surface area contributed by atoms with Gasteiger partial charge >= 0.3 is 11.8 Å². The number of nitrogens with zero attached hydrogens (tertiary/aromatic N) is 1. The Bertz CT molecular complexity index is 493. The fourth-order valence-corrected chi connectivity index (χ4v) is 3.08. The molecule has 0 saturated carbocycles. The minimum Gasteiger partial charge on any atom is -0.348 e. The number of likely N-dealkylation sites (tertiary alicyclic amines) is 1. The van der Waals surface area contributed by atoms with E-state index in [1.807, 2.05) is 6.07 Å². The standard InChI is InChI=1S/C19H28N2O2/c1-2-3-7-12-20-18(22)19(23)21-13-10-17(11-14-21)15-16-8-5-4-6-9-16/h4-6,8-9,17H,2-3,7,10-15H2,1H3,(H,20,22). The highest BCUT2D eigenvalue weighted by Gasteiger charge is 2.26. The molecule has 1 aliphatic rings. The van der Waals surface area contributed by atoms with E-state index in [-0.39, 0.29) is 5.91 Å². The van der Waals surface area contributed by atoms with E-state index < -0.39 is 5.91 Å². The molecule has 1 heterocycles. The lowest BCUT2D eigenvalue weighted by Gasteiger charge is -2.31.